The van der Waals surface area contributed by atoms with Crippen LogP contribution in [0.5, 0.6) is 0 Å². The standard InChI is InChI=1S/C8H14P/c1-2-6-9(5-1)7-3-4-8-9/h1-2H,3-8H2/q+1. The van der Waals surface area contributed by atoms with Crippen LogP contribution < -0.4 is 0 Å². The molecule has 0 radical (unpaired) electrons. The first-order valence-corrected chi connectivity index (χ1v) is 6.44. The van der Waals surface area contributed by atoms with Crippen molar-refractivity contribution in [1.82, 2.24) is 0 Å². The molecule has 1 heteroatoms. The van der Waals surface area contributed by atoms with Crippen molar-refractivity contribution in [2.75, 3.05) is 24.6 Å². The van der Waals surface area contributed by atoms with Crippen LogP contribution in [0.3, 0.4) is 0 Å². The van der Waals surface area contributed by atoms with E-state index in [9.17, 15) is 0 Å². The van der Waals surface area contributed by atoms with Gasteiger partial charge < -0.3 is 0 Å². The Morgan fingerprint density at radius 3 is 2.00 bits per heavy atom. The average molecular weight is 141 g/mol. The van der Waals surface area contributed by atoms with Crippen LogP contribution in [0.15, 0.2) is 12.2 Å². The Hall–Kier alpha value is 0.170. The van der Waals surface area contributed by atoms with E-state index >= 15 is 0 Å². The lowest BCUT2D eigenvalue weighted by Gasteiger charge is -2.13. The van der Waals surface area contributed by atoms with Crippen molar-refractivity contribution in [3.8, 4) is 0 Å². The van der Waals surface area contributed by atoms with Gasteiger partial charge in [0.2, 0.25) is 0 Å². The topological polar surface area (TPSA) is 0 Å². The smallest absolute Gasteiger partial charge is 0.0481 e. The summed E-state index contributed by atoms with van der Waals surface area (Å²) in [5.74, 6) is 0. The molecule has 0 bridgehead atoms. The predicted octanol–water partition coefficient (Wildman–Crippen LogP) is 2.37. The minimum Gasteiger partial charge on any atom is -0.0481 e. The van der Waals surface area contributed by atoms with E-state index in [1.54, 1.807) is 12.3 Å². The summed E-state index contributed by atoms with van der Waals surface area (Å²) >= 11 is 0. The van der Waals surface area contributed by atoms with E-state index in [4.69, 9.17) is 0 Å². The lowest BCUT2D eigenvalue weighted by Crippen LogP contribution is -1.96. The van der Waals surface area contributed by atoms with Crippen molar-refractivity contribution in [3.63, 3.8) is 0 Å². The summed E-state index contributed by atoms with van der Waals surface area (Å²) in [5.41, 5.74) is 0. The van der Waals surface area contributed by atoms with Crippen LogP contribution in [0, 0.1) is 0 Å². The fourth-order valence-electron chi connectivity index (χ4n) is 2.04. The summed E-state index contributed by atoms with van der Waals surface area (Å²) in [6.07, 6.45) is 14.1. The summed E-state index contributed by atoms with van der Waals surface area (Å²) in [4.78, 5) is 0. The molecule has 0 aromatic heterocycles. The highest BCUT2D eigenvalue weighted by molar-refractivity contribution is 7.76. The number of hydrogen-bond acceptors (Lipinski definition) is 0. The highest BCUT2D eigenvalue weighted by Crippen LogP contribution is 2.65. The Labute approximate surface area is 57.7 Å². The molecule has 0 amide bonds. The van der Waals surface area contributed by atoms with Crippen LogP contribution in [0.25, 0.3) is 0 Å². The summed E-state index contributed by atoms with van der Waals surface area (Å²) in [6, 6.07) is 0. The Bertz CT molecular complexity index is 122. The molecular weight excluding hydrogens is 127 g/mol. The van der Waals surface area contributed by atoms with Crippen molar-refractivity contribution in [1.29, 1.82) is 0 Å². The van der Waals surface area contributed by atoms with Crippen LogP contribution in [-0.2, 0) is 0 Å². The fraction of sp³-hybridized carbons (Fsp3) is 0.750. The second-order valence-corrected chi connectivity index (χ2v) is 7.64. The number of rotatable bonds is 0. The third-order valence-corrected chi connectivity index (χ3v) is 7.17. The molecule has 0 N–H and O–H groups in total. The lowest BCUT2D eigenvalue weighted by molar-refractivity contribution is 0.949. The van der Waals surface area contributed by atoms with Gasteiger partial charge in [-0.3, -0.25) is 0 Å². The third kappa shape index (κ3) is 0.942. The van der Waals surface area contributed by atoms with Gasteiger partial charge in [0.1, 0.15) is 0 Å². The first kappa shape index (κ1) is 5.92. The van der Waals surface area contributed by atoms with Crippen LogP contribution in [0.4, 0.5) is 0 Å². The summed E-state index contributed by atoms with van der Waals surface area (Å²) < 4.78 is 0. The third-order valence-electron chi connectivity index (χ3n) is 2.67. The van der Waals surface area contributed by atoms with E-state index < -0.39 is 0 Å². The monoisotopic (exact) mass is 141 g/mol. The molecule has 2 heterocycles. The van der Waals surface area contributed by atoms with Crippen LogP contribution in [0.1, 0.15) is 12.8 Å². The Morgan fingerprint density at radius 1 is 0.889 bits per heavy atom. The minimum absolute atomic E-state index is 0.309. The van der Waals surface area contributed by atoms with E-state index in [1.165, 1.54) is 25.2 Å². The van der Waals surface area contributed by atoms with E-state index in [-0.39, 0.29) is 7.26 Å². The van der Waals surface area contributed by atoms with Crippen molar-refractivity contribution in [2.24, 2.45) is 0 Å². The van der Waals surface area contributed by atoms with Gasteiger partial charge in [-0.15, -0.1) is 0 Å². The Kier molecular flexibility index (Phi) is 1.38. The summed E-state index contributed by atoms with van der Waals surface area (Å²) in [6.45, 7) is 0. The molecule has 2 aliphatic heterocycles. The first-order valence-electron chi connectivity index (χ1n) is 3.91. The van der Waals surface area contributed by atoms with Crippen molar-refractivity contribution in [3.05, 3.63) is 12.2 Å². The molecule has 1 saturated heterocycles. The normalized spacial score (nSPS) is 30.2. The highest BCUT2D eigenvalue weighted by atomic mass is 31.2. The lowest BCUT2D eigenvalue weighted by atomic mass is 10.4. The molecule has 0 unspecified atom stereocenters. The molecule has 2 rings (SSSR count). The zero-order valence-electron chi connectivity index (χ0n) is 5.84. The van der Waals surface area contributed by atoms with E-state index in [0.717, 1.165) is 0 Å². The number of allylic oxidation sites excluding steroid dienone is 2. The molecule has 1 spiro atoms. The first-order chi connectivity index (χ1) is 4.41. The highest BCUT2D eigenvalue weighted by Gasteiger charge is 2.40. The van der Waals surface area contributed by atoms with Gasteiger partial charge in [-0.2, -0.15) is 0 Å². The van der Waals surface area contributed by atoms with Crippen molar-refractivity contribution >= 4 is 7.26 Å². The molecule has 9 heavy (non-hydrogen) atoms. The summed E-state index contributed by atoms with van der Waals surface area (Å²) in [7, 11) is -0.309. The minimum atomic E-state index is -0.309. The molecule has 1 fully saturated rings. The predicted molar refractivity (Wildman–Crippen MR) is 44.8 cm³/mol. The molecular formula is C8H14P+. The quantitative estimate of drug-likeness (QED) is 0.359. The van der Waals surface area contributed by atoms with Gasteiger partial charge in [-0.1, -0.05) is 0 Å². The van der Waals surface area contributed by atoms with E-state index in [0.29, 0.717) is 0 Å². The van der Waals surface area contributed by atoms with Gasteiger partial charge in [0, 0.05) is 7.26 Å². The maximum atomic E-state index is 2.42. The fourth-order valence-corrected chi connectivity index (χ4v) is 6.13. The molecule has 0 nitrogen and oxygen atoms in total. The Balaban J connectivity index is 2.07. The average Bonchev–Trinajstić information content (AvgIpc) is 2.45. The van der Waals surface area contributed by atoms with Gasteiger partial charge >= 0.3 is 0 Å². The summed E-state index contributed by atoms with van der Waals surface area (Å²) in [5, 5.41) is 0. The van der Waals surface area contributed by atoms with Crippen molar-refractivity contribution in [2.45, 2.75) is 12.8 Å². The van der Waals surface area contributed by atoms with E-state index in [1.807, 2.05) is 0 Å². The van der Waals surface area contributed by atoms with E-state index in [2.05, 4.69) is 12.2 Å². The van der Waals surface area contributed by atoms with Crippen LogP contribution in [0.2, 0.25) is 0 Å². The number of hydrogen-bond donors (Lipinski definition) is 0. The molecule has 0 aromatic carbocycles. The van der Waals surface area contributed by atoms with Gasteiger partial charge in [-0.05, 0) is 25.0 Å². The maximum absolute atomic E-state index is 2.42. The zero-order chi connectivity index (χ0) is 6.16. The molecule has 2 aliphatic rings. The van der Waals surface area contributed by atoms with Gasteiger partial charge in [0.25, 0.3) is 0 Å². The second kappa shape index (κ2) is 2.09. The van der Waals surface area contributed by atoms with Crippen LogP contribution in [-0.4, -0.2) is 24.6 Å². The molecule has 0 aromatic rings. The largest absolute Gasteiger partial charge is 0.0778 e. The van der Waals surface area contributed by atoms with Gasteiger partial charge in [-0.25, -0.2) is 0 Å². The molecule has 0 aliphatic carbocycles. The molecule has 50 valence electrons. The molecule has 0 saturated carbocycles. The van der Waals surface area contributed by atoms with Crippen LogP contribution >= 0.6 is 7.26 Å². The maximum Gasteiger partial charge on any atom is 0.0778 e. The Morgan fingerprint density at radius 2 is 1.44 bits per heavy atom. The molecule has 0 atom stereocenters. The van der Waals surface area contributed by atoms with Crippen molar-refractivity contribution < 1.29 is 0 Å². The van der Waals surface area contributed by atoms with Gasteiger partial charge in [0.05, 0.1) is 24.6 Å². The second-order valence-electron chi connectivity index (χ2n) is 3.33. The SMILES string of the molecule is C1=CC[P+]2(C1)CCCC2. The zero-order valence-corrected chi connectivity index (χ0v) is 6.74. The van der Waals surface area contributed by atoms with Gasteiger partial charge in [0.15, 0.2) is 0 Å².